The molecule has 0 radical (unpaired) electrons. The van der Waals surface area contributed by atoms with Crippen LogP contribution in [-0.2, 0) is 6.54 Å². The maximum Gasteiger partial charge on any atom is 0.146 e. The van der Waals surface area contributed by atoms with E-state index in [1.54, 1.807) is 12.5 Å². The second-order valence-corrected chi connectivity index (χ2v) is 4.78. The molecule has 0 fully saturated rings. The van der Waals surface area contributed by atoms with Crippen LogP contribution in [0.15, 0.2) is 23.0 Å². The van der Waals surface area contributed by atoms with Gasteiger partial charge in [0.1, 0.15) is 17.3 Å². The minimum atomic E-state index is 0.550. The Morgan fingerprint density at radius 3 is 2.74 bits per heavy atom. The number of fused-ring (bicyclic) bond motifs is 1. The first-order valence-electron chi connectivity index (χ1n) is 6.18. The Morgan fingerprint density at radius 1 is 1.26 bits per heavy atom. The SMILES string of the molecule is Cc1nc(N)c2c(C)c(C)n(Cc3ccoc3)c2n1. The Morgan fingerprint density at radius 2 is 2.05 bits per heavy atom. The van der Waals surface area contributed by atoms with Crippen molar-refractivity contribution in [2.75, 3.05) is 5.73 Å². The Hall–Kier alpha value is -2.30. The van der Waals surface area contributed by atoms with Gasteiger partial charge < -0.3 is 14.7 Å². The smallest absolute Gasteiger partial charge is 0.146 e. The molecule has 3 aromatic rings. The third-order valence-electron chi connectivity index (χ3n) is 3.53. The molecule has 5 heteroatoms. The van der Waals surface area contributed by atoms with Crippen molar-refractivity contribution in [1.82, 2.24) is 14.5 Å². The van der Waals surface area contributed by atoms with E-state index < -0.39 is 0 Å². The predicted octanol–water partition coefficient (Wildman–Crippen LogP) is 2.58. The summed E-state index contributed by atoms with van der Waals surface area (Å²) in [7, 11) is 0. The molecule has 2 N–H and O–H groups in total. The van der Waals surface area contributed by atoms with Crippen molar-refractivity contribution in [2.24, 2.45) is 0 Å². The maximum absolute atomic E-state index is 6.03. The van der Waals surface area contributed by atoms with Crippen LogP contribution in [0.3, 0.4) is 0 Å². The highest BCUT2D eigenvalue weighted by atomic mass is 16.3. The van der Waals surface area contributed by atoms with Crippen LogP contribution in [0.2, 0.25) is 0 Å². The van der Waals surface area contributed by atoms with E-state index in [4.69, 9.17) is 10.2 Å². The van der Waals surface area contributed by atoms with Crippen LogP contribution in [0, 0.1) is 20.8 Å². The number of anilines is 1. The fourth-order valence-corrected chi connectivity index (χ4v) is 2.43. The first kappa shape index (κ1) is 11.8. The van der Waals surface area contributed by atoms with Gasteiger partial charge in [-0.2, -0.15) is 0 Å². The van der Waals surface area contributed by atoms with Gasteiger partial charge in [0.15, 0.2) is 0 Å². The molecule has 0 aliphatic rings. The van der Waals surface area contributed by atoms with E-state index in [0.29, 0.717) is 11.6 Å². The average molecular weight is 256 g/mol. The zero-order valence-electron chi connectivity index (χ0n) is 11.3. The Kier molecular flexibility index (Phi) is 2.55. The molecule has 5 nitrogen and oxygen atoms in total. The van der Waals surface area contributed by atoms with Crippen LogP contribution in [0.25, 0.3) is 11.0 Å². The molecule has 3 heterocycles. The van der Waals surface area contributed by atoms with Crippen LogP contribution in [0.1, 0.15) is 22.6 Å². The number of hydrogen-bond donors (Lipinski definition) is 1. The lowest BCUT2D eigenvalue weighted by molar-refractivity contribution is 0.562. The lowest BCUT2D eigenvalue weighted by atomic mass is 10.2. The molecule has 0 saturated heterocycles. The van der Waals surface area contributed by atoms with Crippen molar-refractivity contribution in [2.45, 2.75) is 27.3 Å². The van der Waals surface area contributed by atoms with Crippen molar-refractivity contribution in [3.05, 3.63) is 41.2 Å². The molecule has 0 atom stereocenters. The van der Waals surface area contributed by atoms with Crippen molar-refractivity contribution in [3.63, 3.8) is 0 Å². The fourth-order valence-electron chi connectivity index (χ4n) is 2.43. The van der Waals surface area contributed by atoms with E-state index in [-0.39, 0.29) is 0 Å². The summed E-state index contributed by atoms with van der Waals surface area (Å²) in [6, 6.07) is 1.96. The van der Waals surface area contributed by atoms with Gasteiger partial charge in [0.2, 0.25) is 0 Å². The second-order valence-electron chi connectivity index (χ2n) is 4.78. The highest BCUT2D eigenvalue weighted by Crippen LogP contribution is 2.28. The quantitative estimate of drug-likeness (QED) is 0.765. The molecule has 19 heavy (non-hydrogen) atoms. The average Bonchev–Trinajstić information content (AvgIpc) is 2.93. The van der Waals surface area contributed by atoms with Gasteiger partial charge in [-0.3, -0.25) is 0 Å². The molecule has 3 aromatic heterocycles. The summed E-state index contributed by atoms with van der Waals surface area (Å²) in [6.07, 6.45) is 3.43. The Labute approximate surface area is 111 Å². The van der Waals surface area contributed by atoms with E-state index in [9.17, 15) is 0 Å². The zero-order chi connectivity index (χ0) is 13.6. The standard InChI is InChI=1S/C14H16N4O/c1-8-9(2)18(6-11-4-5-19-7-11)14-12(8)13(15)16-10(3)17-14/h4-5,7H,6H2,1-3H3,(H2,15,16,17). The van der Waals surface area contributed by atoms with E-state index in [1.165, 1.54) is 0 Å². The number of furan rings is 1. The van der Waals surface area contributed by atoms with E-state index in [1.807, 2.05) is 13.0 Å². The third kappa shape index (κ3) is 1.78. The molecule has 0 bridgehead atoms. The predicted molar refractivity (Wildman–Crippen MR) is 74.0 cm³/mol. The molecule has 0 amide bonds. The number of hydrogen-bond acceptors (Lipinski definition) is 4. The van der Waals surface area contributed by atoms with Gasteiger partial charge in [-0.15, -0.1) is 0 Å². The number of aryl methyl sites for hydroxylation is 2. The Bertz CT molecular complexity index is 741. The molecular formula is C14H16N4O. The van der Waals surface area contributed by atoms with Gasteiger partial charge in [-0.25, -0.2) is 9.97 Å². The van der Waals surface area contributed by atoms with E-state index in [0.717, 1.165) is 34.4 Å². The highest BCUT2D eigenvalue weighted by Gasteiger charge is 2.16. The summed E-state index contributed by atoms with van der Waals surface area (Å²) in [6.45, 7) is 6.71. The minimum Gasteiger partial charge on any atom is -0.472 e. The van der Waals surface area contributed by atoms with Crippen molar-refractivity contribution in [1.29, 1.82) is 0 Å². The Balaban J connectivity index is 2.26. The molecule has 0 saturated carbocycles. The summed E-state index contributed by atoms with van der Waals surface area (Å²) in [4.78, 5) is 8.79. The summed E-state index contributed by atoms with van der Waals surface area (Å²) in [5.41, 5.74) is 10.3. The van der Waals surface area contributed by atoms with E-state index >= 15 is 0 Å². The molecule has 0 aliphatic heterocycles. The monoisotopic (exact) mass is 256 g/mol. The first-order chi connectivity index (χ1) is 9.08. The molecule has 0 spiro atoms. The van der Waals surface area contributed by atoms with Gasteiger partial charge in [0, 0.05) is 11.3 Å². The molecule has 0 aliphatic carbocycles. The normalized spacial score (nSPS) is 11.3. The van der Waals surface area contributed by atoms with Crippen molar-refractivity contribution in [3.8, 4) is 0 Å². The molecular weight excluding hydrogens is 240 g/mol. The second kappa shape index (κ2) is 4.12. The molecule has 0 unspecified atom stereocenters. The lowest BCUT2D eigenvalue weighted by Crippen LogP contribution is -2.04. The zero-order valence-corrected chi connectivity index (χ0v) is 11.3. The van der Waals surface area contributed by atoms with Crippen LogP contribution in [0.4, 0.5) is 5.82 Å². The first-order valence-corrected chi connectivity index (χ1v) is 6.18. The van der Waals surface area contributed by atoms with Crippen LogP contribution >= 0.6 is 0 Å². The minimum absolute atomic E-state index is 0.550. The summed E-state index contributed by atoms with van der Waals surface area (Å²) in [5, 5.41) is 0.951. The summed E-state index contributed by atoms with van der Waals surface area (Å²) < 4.78 is 7.28. The fraction of sp³-hybridized carbons (Fsp3) is 0.286. The molecule has 3 rings (SSSR count). The van der Waals surface area contributed by atoms with Crippen LogP contribution in [-0.4, -0.2) is 14.5 Å². The van der Waals surface area contributed by atoms with E-state index in [2.05, 4.69) is 28.4 Å². The highest BCUT2D eigenvalue weighted by molar-refractivity contribution is 5.91. The van der Waals surface area contributed by atoms with Crippen molar-refractivity contribution >= 4 is 16.9 Å². The third-order valence-corrected chi connectivity index (χ3v) is 3.53. The maximum atomic E-state index is 6.03. The van der Waals surface area contributed by atoms with Crippen molar-refractivity contribution < 1.29 is 4.42 Å². The number of nitrogen functional groups attached to an aromatic ring is 1. The van der Waals surface area contributed by atoms with Gasteiger partial charge in [-0.05, 0) is 32.4 Å². The van der Waals surface area contributed by atoms with Gasteiger partial charge >= 0.3 is 0 Å². The topological polar surface area (TPSA) is 69.9 Å². The number of nitrogens with zero attached hydrogens (tertiary/aromatic N) is 3. The lowest BCUT2D eigenvalue weighted by Gasteiger charge is -2.06. The largest absolute Gasteiger partial charge is 0.472 e. The van der Waals surface area contributed by atoms with Gasteiger partial charge in [-0.1, -0.05) is 0 Å². The molecule has 0 aromatic carbocycles. The van der Waals surface area contributed by atoms with Gasteiger partial charge in [0.05, 0.1) is 24.5 Å². The number of aromatic nitrogens is 3. The number of rotatable bonds is 2. The number of nitrogens with two attached hydrogens (primary N) is 1. The summed E-state index contributed by atoms with van der Waals surface area (Å²) >= 11 is 0. The van der Waals surface area contributed by atoms with Crippen LogP contribution < -0.4 is 5.73 Å². The van der Waals surface area contributed by atoms with Gasteiger partial charge in [0.25, 0.3) is 0 Å². The van der Waals surface area contributed by atoms with Crippen LogP contribution in [0.5, 0.6) is 0 Å². The summed E-state index contributed by atoms with van der Waals surface area (Å²) in [5.74, 6) is 1.24. The molecule has 98 valence electrons.